The van der Waals surface area contributed by atoms with Crippen LogP contribution in [-0.2, 0) is 21.7 Å². The van der Waals surface area contributed by atoms with E-state index in [4.69, 9.17) is 15.2 Å². The van der Waals surface area contributed by atoms with Crippen molar-refractivity contribution >= 4 is 5.91 Å². The molecule has 0 saturated carbocycles. The van der Waals surface area contributed by atoms with Gasteiger partial charge in [0.2, 0.25) is 5.91 Å². The van der Waals surface area contributed by atoms with Crippen LogP contribution in [0.3, 0.4) is 0 Å². The molecule has 0 spiro atoms. The van der Waals surface area contributed by atoms with E-state index in [1.165, 1.54) is 0 Å². The van der Waals surface area contributed by atoms with Crippen LogP contribution in [0.2, 0.25) is 0 Å². The number of hydrogen-bond donors (Lipinski definition) is 2. The quantitative estimate of drug-likeness (QED) is 0.788. The number of nitrogens with one attached hydrogen (secondary N) is 1. The molecular formula is C22H28N2O3. The summed E-state index contributed by atoms with van der Waals surface area (Å²) in [4.78, 5) is 12.5. The van der Waals surface area contributed by atoms with Crippen LogP contribution in [-0.4, -0.2) is 25.7 Å². The van der Waals surface area contributed by atoms with E-state index < -0.39 is 5.54 Å². The second-order valence-corrected chi connectivity index (χ2v) is 7.12. The van der Waals surface area contributed by atoms with Crippen molar-refractivity contribution in [2.45, 2.75) is 31.9 Å². The van der Waals surface area contributed by atoms with E-state index in [1.54, 1.807) is 0 Å². The zero-order chi connectivity index (χ0) is 19.1. The molecule has 0 radical (unpaired) electrons. The number of carbonyl (C=O) groups is 1. The van der Waals surface area contributed by atoms with Crippen LogP contribution in [0.15, 0.2) is 54.6 Å². The van der Waals surface area contributed by atoms with Crippen LogP contribution >= 0.6 is 0 Å². The second kappa shape index (κ2) is 9.02. The molecule has 1 heterocycles. The molecule has 1 unspecified atom stereocenters. The SMILES string of the molecule is CC(CN)C(=O)NC1(c2ccc(OCc3ccccc3)cc2)CCOCC1. The molecule has 1 aliphatic heterocycles. The van der Waals surface area contributed by atoms with Crippen molar-refractivity contribution in [1.82, 2.24) is 5.32 Å². The molecule has 0 aromatic heterocycles. The van der Waals surface area contributed by atoms with Gasteiger partial charge in [-0.2, -0.15) is 0 Å². The van der Waals surface area contributed by atoms with Crippen LogP contribution in [0.5, 0.6) is 5.75 Å². The average molecular weight is 368 g/mol. The van der Waals surface area contributed by atoms with E-state index >= 15 is 0 Å². The van der Waals surface area contributed by atoms with Crippen molar-refractivity contribution in [3.05, 3.63) is 65.7 Å². The minimum atomic E-state index is -0.406. The van der Waals surface area contributed by atoms with Crippen LogP contribution in [0.25, 0.3) is 0 Å². The molecule has 0 bridgehead atoms. The van der Waals surface area contributed by atoms with Gasteiger partial charge in [-0.15, -0.1) is 0 Å². The van der Waals surface area contributed by atoms with Crippen molar-refractivity contribution < 1.29 is 14.3 Å². The summed E-state index contributed by atoms with van der Waals surface area (Å²) in [6.07, 6.45) is 1.50. The monoisotopic (exact) mass is 368 g/mol. The van der Waals surface area contributed by atoms with Crippen molar-refractivity contribution in [3.8, 4) is 5.75 Å². The topological polar surface area (TPSA) is 73.6 Å². The van der Waals surface area contributed by atoms with Crippen molar-refractivity contribution in [2.24, 2.45) is 11.7 Å². The molecule has 144 valence electrons. The molecule has 5 nitrogen and oxygen atoms in total. The predicted molar refractivity (Wildman–Crippen MR) is 105 cm³/mol. The van der Waals surface area contributed by atoms with Gasteiger partial charge in [0.15, 0.2) is 0 Å². The molecule has 3 rings (SSSR count). The van der Waals surface area contributed by atoms with Gasteiger partial charge >= 0.3 is 0 Å². The molecule has 1 aliphatic rings. The number of carbonyl (C=O) groups excluding carboxylic acids is 1. The molecule has 2 aromatic rings. The smallest absolute Gasteiger partial charge is 0.224 e. The van der Waals surface area contributed by atoms with Gasteiger partial charge in [0.25, 0.3) is 0 Å². The van der Waals surface area contributed by atoms with Crippen LogP contribution in [0, 0.1) is 5.92 Å². The van der Waals surface area contributed by atoms with Crippen molar-refractivity contribution in [1.29, 1.82) is 0 Å². The van der Waals surface area contributed by atoms with Gasteiger partial charge in [-0.1, -0.05) is 49.4 Å². The Kier molecular flexibility index (Phi) is 6.48. The van der Waals surface area contributed by atoms with Crippen LogP contribution < -0.4 is 15.8 Å². The first-order chi connectivity index (χ1) is 13.1. The van der Waals surface area contributed by atoms with Gasteiger partial charge in [0.1, 0.15) is 12.4 Å². The first-order valence-corrected chi connectivity index (χ1v) is 9.50. The number of ether oxygens (including phenoxy) is 2. The molecule has 2 aromatic carbocycles. The van der Waals surface area contributed by atoms with Gasteiger partial charge < -0.3 is 20.5 Å². The average Bonchev–Trinajstić information content (AvgIpc) is 2.73. The van der Waals surface area contributed by atoms with E-state index in [2.05, 4.69) is 5.32 Å². The second-order valence-electron chi connectivity index (χ2n) is 7.12. The third kappa shape index (κ3) is 4.87. The Bertz CT molecular complexity index is 725. The number of nitrogens with two attached hydrogens (primary N) is 1. The van der Waals surface area contributed by atoms with E-state index in [0.717, 1.165) is 29.7 Å². The van der Waals surface area contributed by atoms with Gasteiger partial charge in [-0.05, 0) is 36.1 Å². The minimum Gasteiger partial charge on any atom is -0.489 e. The molecule has 1 amide bonds. The highest BCUT2D eigenvalue weighted by molar-refractivity contribution is 5.79. The highest BCUT2D eigenvalue weighted by Crippen LogP contribution is 2.33. The van der Waals surface area contributed by atoms with Crippen LogP contribution in [0.4, 0.5) is 0 Å². The lowest BCUT2D eigenvalue weighted by Gasteiger charge is -2.39. The Balaban J connectivity index is 1.72. The number of amides is 1. The third-order valence-electron chi connectivity index (χ3n) is 5.17. The lowest BCUT2D eigenvalue weighted by Crippen LogP contribution is -2.51. The Hall–Kier alpha value is -2.37. The largest absolute Gasteiger partial charge is 0.489 e. The molecular weight excluding hydrogens is 340 g/mol. The number of benzene rings is 2. The first-order valence-electron chi connectivity index (χ1n) is 9.50. The summed E-state index contributed by atoms with van der Waals surface area (Å²) in [5.41, 5.74) is 7.46. The molecule has 1 saturated heterocycles. The lowest BCUT2D eigenvalue weighted by atomic mass is 9.82. The van der Waals surface area contributed by atoms with E-state index in [0.29, 0.717) is 26.4 Å². The maximum atomic E-state index is 12.5. The molecule has 3 N–H and O–H groups in total. The Labute approximate surface area is 160 Å². The van der Waals surface area contributed by atoms with Gasteiger partial charge in [0.05, 0.1) is 5.54 Å². The van der Waals surface area contributed by atoms with Gasteiger partial charge in [0, 0.05) is 25.7 Å². The van der Waals surface area contributed by atoms with Crippen molar-refractivity contribution in [2.75, 3.05) is 19.8 Å². The first kappa shape index (κ1) is 19.4. The Morgan fingerprint density at radius 2 is 1.81 bits per heavy atom. The summed E-state index contributed by atoms with van der Waals surface area (Å²) in [6, 6.07) is 18.1. The lowest BCUT2D eigenvalue weighted by molar-refractivity contribution is -0.127. The fraction of sp³-hybridized carbons (Fsp3) is 0.409. The normalized spacial score (nSPS) is 17.1. The van der Waals surface area contributed by atoms with Gasteiger partial charge in [-0.3, -0.25) is 4.79 Å². The molecule has 1 atom stereocenters. The maximum absolute atomic E-state index is 12.5. The molecule has 5 heteroatoms. The highest BCUT2D eigenvalue weighted by atomic mass is 16.5. The zero-order valence-corrected chi connectivity index (χ0v) is 15.8. The summed E-state index contributed by atoms with van der Waals surface area (Å²) in [5.74, 6) is 0.591. The van der Waals surface area contributed by atoms with E-state index in [1.807, 2.05) is 61.5 Å². The molecule has 0 aliphatic carbocycles. The number of hydrogen-bond acceptors (Lipinski definition) is 4. The van der Waals surface area contributed by atoms with E-state index in [-0.39, 0.29) is 11.8 Å². The fourth-order valence-electron chi connectivity index (χ4n) is 3.28. The highest BCUT2D eigenvalue weighted by Gasteiger charge is 2.36. The van der Waals surface area contributed by atoms with E-state index in [9.17, 15) is 4.79 Å². The third-order valence-corrected chi connectivity index (χ3v) is 5.17. The summed E-state index contributed by atoms with van der Waals surface area (Å²) in [7, 11) is 0. The fourth-order valence-corrected chi connectivity index (χ4v) is 3.28. The zero-order valence-electron chi connectivity index (χ0n) is 15.8. The summed E-state index contributed by atoms with van der Waals surface area (Å²) >= 11 is 0. The summed E-state index contributed by atoms with van der Waals surface area (Å²) in [6.45, 7) is 3.98. The molecule has 1 fully saturated rings. The van der Waals surface area contributed by atoms with Crippen LogP contribution in [0.1, 0.15) is 30.9 Å². The summed E-state index contributed by atoms with van der Waals surface area (Å²) < 4.78 is 11.4. The van der Waals surface area contributed by atoms with Crippen molar-refractivity contribution in [3.63, 3.8) is 0 Å². The Morgan fingerprint density at radius 1 is 1.15 bits per heavy atom. The number of rotatable bonds is 7. The maximum Gasteiger partial charge on any atom is 0.224 e. The minimum absolute atomic E-state index is 0.0104. The summed E-state index contributed by atoms with van der Waals surface area (Å²) in [5, 5.41) is 3.24. The molecule has 27 heavy (non-hydrogen) atoms. The standard InChI is InChI=1S/C22H28N2O3/c1-17(15-23)21(25)24-22(11-13-26-14-12-22)19-7-9-20(10-8-19)27-16-18-5-3-2-4-6-18/h2-10,17H,11-16,23H2,1H3,(H,24,25). The predicted octanol–water partition coefficient (Wildman–Crippen LogP) is 2.98. The van der Waals surface area contributed by atoms with Gasteiger partial charge in [-0.25, -0.2) is 0 Å². The Morgan fingerprint density at radius 3 is 2.44 bits per heavy atom.